The third-order valence-corrected chi connectivity index (χ3v) is 4.48. The summed E-state index contributed by atoms with van der Waals surface area (Å²) in [5.74, 6) is -0.112. The highest BCUT2D eigenvalue weighted by atomic mass is 19.4. The van der Waals surface area contributed by atoms with Crippen LogP contribution in [0.3, 0.4) is 0 Å². The average molecular weight is 322 g/mol. The van der Waals surface area contributed by atoms with Gasteiger partial charge in [-0.3, -0.25) is 9.48 Å². The minimum atomic E-state index is -4.53. The summed E-state index contributed by atoms with van der Waals surface area (Å²) in [4.78, 5) is 12.2. The van der Waals surface area contributed by atoms with Crippen molar-refractivity contribution in [1.82, 2.24) is 9.78 Å². The quantitative estimate of drug-likeness (QED) is 0.871. The molecule has 2 atom stereocenters. The Morgan fingerprint density at radius 3 is 2.57 bits per heavy atom. The number of hydrogen-bond acceptors (Lipinski definition) is 3. The lowest BCUT2D eigenvalue weighted by molar-refractivity contribution is -0.142. The van der Waals surface area contributed by atoms with Crippen molar-refractivity contribution in [3.8, 4) is 5.75 Å². The first-order valence-corrected chi connectivity index (χ1v) is 7.25. The van der Waals surface area contributed by atoms with Gasteiger partial charge in [0.2, 0.25) is 0 Å². The van der Waals surface area contributed by atoms with Gasteiger partial charge in [-0.2, -0.15) is 18.3 Å². The van der Waals surface area contributed by atoms with E-state index in [1.54, 1.807) is 24.3 Å². The predicted octanol–water partition coefficient (Wildman–Crippen LogP) is 3.26. The van der Waals surface area contributed by atoms with Crippen LogP contribution >= 0.6 is 0 Å². The largest absolute Gasteiger partial charge is 0.497 e. The fourth-order valence-corrected chi connectivity index (χ4v) is 3.29. The second-order valence-electron chi connectivity index (χ2n) is 5.93. The minimum Gasteiger partial charge on any atom is -0.497 e. The van der Waals surface area contributed by atoms with Gasteiger partial charge >= 0.3 is 6.18 Å². The standard InChI is InChI=1S/C16H13F3N2O2/c1-23-9-4-2-8(3-5-9)7-21-13-12(10-6-11(10)14(13)22)15(20-21)16(17,18)19/h2-5,10-11H,6-7H2,1H3/t10-,11?/m0/s1. The summed E-state index contributed by atoms with van der Waals surface area (Å²) in [6.45, 7) is 0.133. The molecule has 1 aromatic heterocycles. The summed E-state index contributed by atoms with van der Waals surface area (Å²) in [6.07, 6.45) is -4.02. The number of fused-ring (bicyclic) bond motifs is 3. The number of nitrogens with zero attached hydrogens (tertiary/aromatic N) is 2. The number of methoxy groups -OCH3 is 1. The van der Waals surface area contributed by atoms with Gasteiger partial charge in [0.15, 0.2) is 11.5 Å². The molecule has 1 heterocycles. The normalized spacial score (nSPS) is 22.0. The van der Waals surface area contributed by atoms with Crippen LogP contribution in [0.4, 0.5) is 13.2 Å². The number of aromatic nitrogens is 2. The van der Waals surface area contributed by atoms with Gasteiger partial charge in [0.25, 0.3) is 0 Å². The maximum absolute atomic E-state index is 13.2. The van der Waals surface area contributed by atoms with Crippen LogP contribution in [0.5, 0.6) is 5.75 Å². The number of ether oxygens (including phenoxy) is 1. The van der Waals surface area contributed by atoms with Crippen LogP contribution in [0.1, 0.15) is 39.6 Å². The third kappa shape index (κ3) is 2.14. The zero-order valence-electron chi connectivity index (χ0n) is 12.2. The molecule has 23 heavy (non-hydrogen) atoms. The van der Waals surface area contributed by atoms with Crippen molar-refractivity contribution in [2.75, 3.05) is 7.11 Å². The predicted molar refractivity (Wildman–Crippen MR) is 74.5 cm³/mol. The number of benzene rings is 1. The summed E-state index contributed by atoms with van der Waals surface area (Å²) >= 11 is 0. The van der Waals surface area contributed by atoms with Crippen molar-refractivity contribution in [3.05, 3.63) is 46.8 Å². The SMILES string of the molecule is COc1ccc(Cn2nc(C(F)(F)F)c3c2C(=O)C2C[C@H]32)cc1. The summed E-state index contributed by atoms with van der Waals surface area (Å²) in [6, 6.07) is 6.95. The maximum atomic E-state index is 13.2. The number of alkyl halides is 3. The summed E-state index contributed by atoms with van der Waals surface area (Å²) in [5, 5.41) is 3.71. The molecule has 2 aromatic rings. The molecule has 4 nitrogen and oxygen atoms in total. The van der Waals surface area contributed by atoms with E-state index in [-0.39, 0.29) is 35.4 Å². The molecule has 0 N–H and O–H groups in total. The molecule has 0 spiro atoms. The number of carbonyl (C=O) groups is 1. The van der Waals surface area contributed by atoms with E-state index in [1.807, 2.05) is 0 Å². The lowest BCUT2D eigenvalue weighted by atomic mass is 10.1. The van der Waals surface area contributed by atoms with Crippen LogP contribution in [0, 0.1) is 5.92 Å². The molecule has 7 heteroatoms. The van der Waals surface area contributed by atoms with Gasteiger partial charge in [-0.1, -0.05) is 12.1 Å². The Morgan fingerprint density at radius 2 is 1.96 bits per heavy atom. The maximum Gasteiger partial charge on any atom is 0.435 e. The molecule has 1 aromatic carbocycles. The zero-order valence-corrected chi connectivity index (χ0v) is 12.2. The molecule has 4 rings (SSSR count). The Bertz CT molecular complexity index is 793. The van der Waals surface area contributed by atoms with Crippen LogP contribution in [-0.2, 0) is 12.7 Å². The fraction of sp³-hybridized carbons (Fsp3) is 0.375. The van der Waals surface area contributed by atoms with Gasteiger partial charge in [-0.25, -0.2) is 0 Å². The number of halogens is 3. The van der Waals surface area contributed by atoms with Gasteiger partial charge < -0.3 is 4.74 Å². The molecule has 0 saturated heterocycles. The van der Waals surface area contributed by atoms with Gasteiger partial charge in [-0.05, 0) is 30.0 Å². The first-order chi connectivity index (χ1) is 10.9. The molecule has 2 aliphatic rings. The molecular weight excluding hydrogens is 309 g/mol. The number of ketones is 1. The summed E-state index contributed by atoms with van der Waals surface area (Å²) in [7, 11) is 1.54. The first kappa shape index (κ1) is 14.3. The molecule has 0 amide bonds. The summed E-state index contributed by atoms with van der Waals surface area (Å²) < 4.78 is 45.9. The van der Waals surface area contributed by atoms with E-state index in [0.29, 0.717) is 12.2 Å². The molecule has 2 aliphatic carbocycles. The monoisotopic (exact) mass is 322 g/mol. The van der Waals surface area contributed by atoms with Crippen molar-refractivity contribution < 1.29 is 22.7 Å². The second-order valence-corrected chi connectivity index (χ2v) is 5.93. The van der Waals surface area contributed by atoms with E-state index >= 15 is 0 Å². The van der Waals surface area contributed by atoms with Crippen molar-refractivity contribution in [2.24, 2.45) is 5.92 Å². The minimum absolute atomic E-state index is 0.0982. The van der Waals surface area contributed by atoms with Gasteiger partial charge in [0.1, 0.15) is 11.4 Å². The van der Waals surface area contributed by atoms with Gasteiger partial charge in [-0.15, -0.1) is 0 Å². The Labute approximate surface area is 129 Å². The van der Waals surface area contributed by atoms with Crippen molar-refractivity contribution >= 4 is 5.78 Å². The van der Waals surface area contributed by atoms with Gasteiger partial charge in [0, 0.05) is 11.5 Å². The van der Waals surface area contributed by atoms with Crippen LogP contribution in [0.25, 0.3) is 0 Å². The fourth-order valence-electron chi connectivity index (χ4n) is 3.29. The molecule has 0 aliphatic heterocycles. The Kier molecular flexibility index (Phi) is 2.86. The average Bonchev–Trinajstić information content (AvgIpc) is 3.13. The van der Waals surface area contributed by atoms with Crippen LogP contribution in [0.2, 0.25) is 0 Å². The Balaban J connectivity index is 1.74. The molecular formula is C16H13F3N2O2. The lowest BCUT2D eigenvalue weighted by Crippen LogP contribution is -2.13. The molecule has 120 valence electrons. The van der Waals surface area contributed by atoms with Crippen LogP contribution in [0.15, 0.2) is 24.3 Å². The van der Waals surface area contributed by atoms with Crippen molar-refractivity contribution in [3.63, 3.8) is 0 Å². The van der Waals surface area contributed by atoms with E-state index in [9.17, 15) is 18.0 Å². The highest BCUT2D eigenvalue weighted by molar-refractivity contribution is 6.05. The molecule has 0 bridgehead atoms. The highest BCUT2D eigenvalue weighted by Gasteiger charge is 2.58. The molecule has 1 fully saturated rings. The number of hydrogen-bond donors (Lipinski definition) is 0. The van der Waals surface area contributed by atoms with Crippen molar-refractivity contribution in [1.29, 1.82) is 0 Å². The smallest absolute Gasteiger partial charge is 0.435 e. The molecule has 0 radical (unpaired) electrons. The first-order valence-electron chi connectivity index (χ1n) is 7.25. The zero-order chi connectivity index (χ0) is 16.4. The van der Waals surface area contributed by atoms with E-state index in [0.717, 1.165) is 5.56 Å². The second kappa shape index (κ2) is 4.59. The lowest BCUT2D eigenvalue weighted by Gasteiger charge is -2.07. The number of carbonyl (C=O) groups excluding carboxylic acids is 1. The third-order valence-electron chi connectivity index (χ3n) is 4.48. The van der Waals surface area contributed by atoms with E-state index in [4.69, 9.17) is 4.74 Å². The van der Waals surface area contributed by atoms with E-state index in [2.05, 4.69) is 5.10 Å². The number of rotatable bonds is 3. The highest BCUT2D eigenvalue weighted by Crippen LogP contribution is 2.58. The van der Waals surface area contributed by atoms with E-state index in [1.165, 1.54) is 11.8 Å². The summed E-state index contributed by atoms with van der Waals surface area (Å²) in [5.41, 5.74) is 0.0907. The van der Waals surface area contributed by atoms with E-state index < -0.39 is 11.9 Å². The van der Waals surface area contributed by atoms with Gasteiger partial charge in [0.05, 0.1) is 13.7 Å². The van der Waals surface area contributed by atoms with Crippen LogP contribution in [-0.4, -0.2) is 22.7 Å². The topological polar surface area (TPSA) is 44.1 Å². The number of Topliss-reactive ketones (excluding diaryl/α,β-unsaturated/α-hetero) is 1. The Hall–Kier alpha value is -2.31. The molecule has 1 unspecified atom stereocenters. The Morgan fingerprint density at radius 1 is 1.26 bits per heavy atom. The van der Waals surface area contributed by atoms with Crippen molar-refractivity contribution in [2.45, 2.75) is 25.1 Å². The molecule has 1 saturated carbocycles. The van der Waals surface area contributed by atoms with Crippen LogP contribution < -0.4 is 4.74 Å².